The number of ether oxygens (including phenoxy) is 2. The van der Waals surface area contributed by atoms with E-state index in [9.17, 15) is 9.90 Å². The molecule has 6 unspecified atom stereocenters. The smallest absolute Gasteiger partial charge is 0.193 e. The summed E-state index contributed by atoms with van der Waals surface area (Å²) < 4.78 is 11.3. The van der Waals surface area contributed by atoms with Crippen LogP contribution >= 0.6 is 0 Å². The predicted octanol–water partition coefficient (Wildman–Crippen LogP) is 0.450. The van der Waals surface area contributed by atoms with E-state index in [0.29, 0.717) is 17.6 Å². The molecule has 1 saturated heterocycles. The van der Waals surface area contributed by atoms with Crippen molar-refractivity contribution >= 4 is 5.78 Å². The number of quaternary nitrogens is 1. The number of hydrogen-bond acceptors (Lipinski definition) is 4. The third-order valence-corrected chi connectivity index (χ3v) is 6.94. The molecule has 0 aromatic carbocycles. The number of hydrogen-bond donors (Lipinski definition) is 2. The molecule has 2 aliphatic carbocycles. The largest absolute Gasteiger partial charge is 0.393 e. The van der Waals surface area contributed by atoms with E-state index in [2.05, 4.69) is 7.05 Å². The first-order valence-corrected chi connectivity index (χ1v) is 9.64. The molecule has 0 bridgehead atoms. The summed E-state index contributed by atoms with van der Waals surface area (Å²) in [6.07, 6.45) is 6.47. The first-order valence-electron chi connectivity index (χ1n) is 9.64. The number of methoxy groups -OCH3 is 2. The molecule has 0 aromatic heterocycles. The molecule has 1 aliphatic heterocycles. The first kappa shape index (κ1) is 18.3. The Balaban J connectivity index is 1.74. The lowest BCUT2D eigenvalue weighted by molar-refractivity contribution is -0.908. The number of aliphatic hydroxyl groups is 1. The lowest BCUT2D eigenvalue weighted by Gasteiger charge is -2.48. The van der Waals surface area contributed by atoms with Crippen LogP contribution in [0.5, 0.6) is 0 Å². The summed E-state index contributed by atoms with van der Waals surface area (Å²) in [6.45, 7) is 1.07. The second-order valence-electron chi connectivity index (χ2n) is 8.21. The van der Waals surface area contributed by atoms with Gasteiger partial charge in [-0.05, 0) is 50.9 Å². The maximum Gasteiger partial charge on any atom is 0.193 e. The molecule has 2 saturated carbocycles. The second-order valence-corrected chi connectivity index (χ2v) is 8.21. The third kappa shape index (κ3) is 3.55. The average molecular weight is 340 g/mol. The van der Waals surface area contributed by atoms with E-state index in [0.717, 1.165) is 45.1 Å². The summed E-state index contributed by atoms with van der Waals surface area (Å²) >= 11 is 0. The Morgan fingerprint density at radius 1 is 1.00 bits per heavy atom. The molecule has 3 rings (SSSR count). The van der Waals surface area contributed by atoms with E-state index < -0.39 is 0 Å². The standard InChI is InChI=1S/C19H33NO4/c1-20-9-8-13-10-16(23-2)17(24-3)11-15(13)18(20)19(22)12-4-6-14(21)7-5-12/h12-18,21H,4-11H2,1-3H3/p+1. The number of likely N-dealkylation sites (tertiary alicyclic amines) is 1. The minimum atomic E-state index is -0.201. The minimum absolute atomic E-state index is 0.0967. The van der Waals surface area contributed by atoms with E-state index in [1.807, 2.05) is 0 Å². The second kappa shape index (κ2) is 7.81. The molecule has 3 fully saturated rings. The number of ketones is 1. The van der Waals surface area contributed by atoms with Gasteiger partial charge in [0, 0.05) is 26.1 Å². The van der Waals surface area contributed by atoms with Crippen LogP contribution in [0, 0.1) is 17.8 Å². The molecule has 0 spiro atoms. The third-order valence-electron chi connectivity index (χ3n) is 6.94. The number of nitrogens with one attached hydrogen (secondary N) is 1. The van der Waals surface area contributed by atoms with Crippen LogP contribution in [0.15, 0.2) is 0 Å². The maximum absolute atomic E-state index is 13.3. The SMILES string of the molecule is COC1CC2CC[NH+](C)C(C(=O)C3CCC(O)CC3)C2CC1OC. The van der Waals surface area contributed by atoms with E-state index in [-0.39, 0.29) is 30.3 Å². The van der Waals surface area contributed by atoms with Crippen molar-refractivity contribution < 1.29 is 24.3 Å². The van der Waals surface area contributed by atoms with Crippen LogP contribution in [0.4, 0.5) is 0 Å². The van der Waals surface area contributed by atoms with Gasteiger partial charge in [-0.15, -0.1) is 0 Å². The van der Waals surface area contributed by atoms with Gasteiger partial charge in [0.1, 0.15) is 6.04 Å². The van der Waals surface area contributed by atoms with E-state index in [4.69, 9.17) is 9.47 Å². The highest BCUT2D eigenvalue weighted by Gasteiger charge is 2.50. The van der Waals surface area contributed by atoms with Gasteiger partial charge in [-0.3, -0.25) is 4.79 Å². The van der Waals surface area contributed by atoms with E-state index in [1.54, 1.807) is 14.2 Å². The Bertz CT molecular complexity index is 435. The van der Waals surface area contributed by atoms with Gasteiger partial charge in [-0.2, -0.15) is 0 Å². The summed E-state index contributed by atoms with van der Waals surface area (Å²) in [7, 11) is 5.71. The fourth-order valence-electron chi connectivity index (χ4n) is 5.48. The fraction of sp³-hybridized carbons (Fsp3) is 0.947. The number of likely N-dealkylation sites (N-methyl/N-ethyl adjacent to an activating group) is 1. The lowest BCUT2D eigenvalue weighted by atomic mass is 9.66. The van der Waals surface area contributed by atoms with Crippen LogP contribution in [0.25, 0.3) is 0 Å². The van der Waals surface area contributed by atoms with Gasteiger partial charge >= 0.3 is 0 Å². The van der Waals surface area contributed by atoms with Gasteiger partial charge in [0.05, 0.1) is 31.9 Å². The summed E-state index contributed by atoms with van der Waals surface area (Å²) in [5, 5.41) is 9.73. The molecule has 1 heterocycles. The Hall–Kier alpha value is -0.490. The zero-order valence-electron chi connectivity index (χ0n) is 15.4. The van der Waals surface area contributed by atoms with Crippen molar-refractivity contribution in [3.63, 3.8) is 0 Å². The van der Waals surface area contributed by atoms with Gasteiger partial charge in [-0.25, -0.2) is 0 Å². The zero-order chi connectivity index (χ0) is 17.3. The topological polar surface area (TPSA) is 60.2 Å². The number of rotatable bonds is 4. The molecule has 0 aromatic rings. The number of fused-ring (bicyclic) bond motifs is 1. The normalized spacial score (nSPS) is 46.3. The van der Waals surface area contributed by atoms with Crippen molar-refractivity contribution in [2.75, 3.05) is 27.8 Å². The summed E-state index contributed by atoms with van der Waals surface area (Å²) in [6, 6.07) is 0.0967. The average Bonchev–Trinajstić information content (AvgIpc) is 2.60. The van der Waals surface area contributed by atoms with E-state index >= 15 is 0 Å². The quantitative estimate of drug-likeness (QED) is 0.780. The van der Waals surface area contributed by atoms with Crippen molar-refractivity contribution in [3.05, 3.63) is 0 Å². The summed E-state index contributed by atoms with van der Waals surface area (Å²) in [5.41, 5.74) is 0. The van der Waals surface area contributed by atoms with Crippen LogP contribution < -0.4 is 4.90 Å². The van der Waals surface area contributed by atoms with Crippen molar-refractivity contribution in [2.45, 2.75) is 69.3 Å². The van der Waals surface area contributed by atoms with Crippen molar-refractivity contribution in [1.82, 2.24) is 0 Å². The molecule has 6 atom stereocenters. The monoisotopic (exact) mass is 340 g/mol. The van der Waals surface area contributed by atoms with Crippen molar-refractivity contribution in [2.24, 2.45) is 17.8 Å². The van der Waals surface area contributed by atoms with Crippen LogP contribution in [0.2, 0.25) is 0 Å². The first-order chi connectivity index (χ1) is 11.5. The Morgan fingerprint density at radius 2 is 1.62 bits per heavy atom. The lowest BCUT2D eigenvalue weighted by Crippen LogP contribution is -3.16. The molecule has 2 N–H and O–H groups in total. The minimum Gasteiger partial charge on any atom is -0.393 e. The zero-order valence-corrected chi connectivity index (χ0v) is 15.4. The van der Waals surface area contributed by atoms with Crippen LogP contribution in [0.1, 0.15) is 44.9 Å². The number of carbonyl (C=O) groups excluding carboxylic acids is 1. The molecular formula is C19H34NO4+. The van der Waals surface area contributed by atoms with Gasteiger partial charge in [-0.1, -0.05) is 0 Å². The Labute approximate surface area is 145 Å². The molecule has 3 aliphatic rings. The molecule has 0 amide bonds. The predicted molar refractivity (Wildman–Crippen MR) is 90.9 cm³/mol. The molecule has 138 valence electrons. The molecule has 0 radical (unpaired) electrons. The molecule has 24 heavy (non-hydrogen) atoms. The number of carbonyl (C=O) groups is 1. The Kier molecular flexibility index (Phi) is 5.96. The van der Waals surface area contributed by atoms with Gasteiger partial charge < -0.3 is 19.5 Å². The molecular weight excluding hydrogens is 306 g/mol. The highest BCUT2D eigenvalue weighted by atomic mass is 16.5. The van der Waals surface area contributed by atoms with Crippen molar-refractivity contribution in [1.29, 1.82) is 0 Å². The van der Waals surface area contributed by atoms with Crippen molar-refractivity contribution in [3.8, 4) is 0 Å². The van der Waals surface area contributed by atoms with Crippen LogP contribution in [0.3, 0.4) is 0 Å². The fourth-order valence-corrected chi connectivity index (χ4v) is 5.48. The highest BCUT2D eigenvalue weighted by molar-refractivity contribution is 5.85. The van der Waals surface area contributed by atoms with Gasteiger partial charge in [0.2, 0.25) is 0 Å². The van der Waals surface area contributed by atoms with Crippen LogP contribution in [-0.4, -0.2) is 63.1 Å². The maximum atomic E-state index is 13.3. The Morgan fingerprint density at radius 3 is 2.25 bits per heavy atom. The summed E-state index contributed by atoms with van der Waals surface area (Å²) in [5.74, 6) is 1.58. The molecule has 5 heteroatoms. The highest BCUT2D eigenvalue weighted by Crippen LogP contribution is 2.39. The van der Waals surface area contributed by atoms with Gasteiger partial charge in [0.15, 0.2) is 5.78 Å². The number of aliphatic hydroxyl groups excluding tert-OH is 1. The number of Topliss-reactive ketones (excluding diaryl/α,β-unsaturated/α-hetero) is 1. The molecule has 5 nitrogen and oxygen atoms in total. The number of piperidine rings is 1. The van der Waals surface area contributed by atoms with Crippen LogP contribution in [-0.2, 0) is 14.3 Å². The summed E-state index contributed by atoms with van der Waals surface area (Å²) in [4.78, 5) is 14.7. The van der Waals surface area contributed by atoms with Gasteiger partial charge in [0.25, 0.3) is 0 Å². The van der Waals surface area contributed by atoms with E-state index in [1.165, 1.54) is 11.3 Å².